The lowest BCUT2D eigenvalue weighted by atomic mass is 10.1. The maximum Gasteiger partial charge on any atom is 0.0507 e. The Morgan fingerprint density at radius 1 is 1.62 bits per heavy atom. The Bertz CT molecular complexity index is 54.4. The lowest BCUT2D eigenvalue weighted by Crippen LogP contribution is -2.13. The number of nitrogens with two attached hydrogens (primary N) is 1. The van der Waals surface area contributed by atoms with Crippen molar-refractivity contribution in [1.29, 1.82) is 0 Å². The summed E-state index contributed by atoms with van der Waals surface area (Å²) in [6.07, 6.45) is 1.16. The van der Waals surface area contributed by atoms with E-state index < -0.39 is 0 Å². The second kappa shape index (κ2) is 4.13. The van der Waals surface area contributed by atoms with Gasteiger partial charge in [0.15, 0.2) is 0 Å². The van der Waals surface area contributed by atoms with E-state index in [1.807, 2.05) is 0 Å². The summed E-state index contributed by atoms with van der Waals surface area (Å²) >= 11 is 0. The second-order valence-electron chi connectivity index (χ2n) is 1.97. The zero-order valence-electron chi connectivity index (χ0n) is 4.80. The van der Waals surface area contributed by atoms with E-state index in [0.29, 0.717) is 5.92 Å². The third kappa shape index (κ3) is 1.99. The SMILES string of the molecule is Cl.NC[C@@H]1CCOC1. The van der Waals surface area contributed by atoms with E-state index in [1.54, 1.807) is 0 Å². The summed E-state index contributed by atoms with van der Waals surface area (Å²) in [6.45, 7) is 2.60. The number of hydrogen-bond acceptors (Lipinski definition) is 2. The summed E-state index contributed by atoms with van der Waals surface area (Å²) < 4.78 is 5.07. The molecular formula is C5H12ClNO. The van der Waals surface area contributed by atoms with Crippen LogP contribution < -0.4 is 5.73 Å². The minimum Gasteiger partial charge on any atom is -0.381 e. The van der Waals surface area contributed by atoms with Crippen molar-refractivity contribution in [2.75, 3.05) is 19.8 Å². The average Bonchev–Trinajstić information content (AvgIpc) is 2.14. The molecule has 1 aliphatic heterocycles. The molecular weight excluding hydrogens is 126 g/mol. The molecule has 1 rings (SSSR count). The van der Waals surface area contributed by atoms with Gasteiger partial charge in [0.2, 0.25) is 0 Å². The van der Waals surface area contributed by atoms with Gasteiger partial charge in [0, 0.05) is 6.61 Å². The van der Waals surface area contributed by atoms with E-state index in [0.717, 1.165) is 26.2 Å². The van der Waals surface area contributed by atoms with E-state index in [1.165, 1.54) is 0 Å². The highest BCUT2D eigenvalue weighted by atomic mass is 35.5. The molecule has 2 N–H and O–H groups in total. The van der Waals surface area contributed by atoms with Gasteiger partial charge < -0.3 is 10.5 Å². The molecule has 1 fully saturated rings. The van der Waals surface area contributed by atoms with Crippen molar-refractivity contribution in [1.82, 2.24) is 0 Å². The van der Waals surface area contributed by atoms with Gasteiger partial charge in [-0.1, -0.05) is 0 Å². The topological polar surface area (TPSA) is 35.2 Å². The molecule has 1 aliphatic rings. The third-order valence-corrected chi connectivity index (χ3v) is 1.36. The van der Waals surface area contributed by atoms with Crippen LogP contribution >= 0.6 is 12.4 Å². The highest BCUT2D eigenvalue weighted by Crippen LogP contribution is 2.08. The largest absolute Gasteiger partial charge is 0.381 e. The molecule has 0 aromatic heterocycles. The lowest BCUT2D eigenvalue weighted by molar-refractivity contribution is 0.187. The summed E-state index contributed by atoms with van der Waals surface area (Å²) in [5.41, 5.74) is 5.35. The summed E-state index contributed by atoms with van der Waals surface area (Å²) in [4.78, 5) is 0. The van der Waals surface area contributed by atoms with Gasteiger partial charge in [-0.05, 0) is 18.9 Å². The van der Waals surface area contributed by atoms with Crippen LogP contribution in [0.5, 0.6) is 0 Å². The molecule has 0 unspecified atom stereocenters. The molecule has 0 spiro atoms. The zero-order chi connectivity index (χ0) is 5.11. The predicted molar refractivity (Wildman–Crippen MR) is 35.2 cm³/mol. The average molecular weight is 138 g/mol. The normalized spacial score (nSPS) is 27.4. The summed E-state index contributed by atoms with van der Waals surface area (Å²) in [6, 6.07) is 0. The van der Waals surface area contributed by atoms with Crippen molar-refractivity contribution < 1.29 is 4.74 Å². The van der Waals surface area contributed by atoms with Crippen molar-refractivity contribution in [3.8, 4) is 0 Å². The molecule has 0 aromatic carbocycles. The van der Waals surface area contributed by atoms with E-state index in [2.05, 4.69) is 0 Å². The molecule has 0 saturated carbocycles. The Morgan fingerprint density at radius 3 is 2.62 bits per heavy atom. The molecule has 0 bridgehead atoms. The molecule has 0 radical (unpaired) electrons. The molecule has 1 saturated heterocycles. The molecule has 2 nitrogen and oxygen atoms in total. The van der Waals surface area contributed by atoms with Crippen molar-refractivity contribution in [2.24, 2.45) is 11.7 Å². The van der Waals surface area contributed by atoms with Crippen molar-refractivity contribution in [3.05, 3.63) is 0 Å². The van der Waals surface area contributed by atoms with E-state index in [9.17, 15) is 0 Å². The van der Waals surface area contributed by atoms with Crippen LogP contribution in [0.25, 0.3) is 0 Å². The lowest BCUT2D eigenvalue weighted by Gasteiger charge is -1.97. The van der Waals surface area contributed by atoms with Gasteiger partial charge in [0.05, 0.1) is 6.61 Å². The minimum atomic E-state index is 0. The second-order valence-corrected chi connectivity index (χ2v) is 1.97. The molecule has 8 heavy (non-hydrogen) atoms. The van der Waals surface area contributed by atoms with Gasteiger partial charge in [0.1, 0.15) is 0 Å². The van der Waals surface area contributed by atoms with E-state index >= 15 is 0 Å². The monoisotopic (exact) mass is 137 g/mol. The molecule has 0 amide bonds. The zero-order valence-corrected chi connectivity index (χ0v) is 5.62. The number of rotatable bonds is 1. The van der Waals surface area contributed by atoms with Gasteiger partial charge in [-0.15, -0.1) is 12.4 Å². The smallest absolute Gasteiger partial charge is 0.0507 e. The fourth-order valence-corrected chi connectivity index (χ4v) is 0.769. The standard InChI is InChI=1S/C5H11NO.ClH/c6-3-5-1-2-7-4-5;/h5H,1-4,6H2;1H/t5-;/m0./s1. The third-order valence-electron chi connectivity index (χ3n) is 1.36. The van der Waals surface area contributed by atoms with Crippen LogP contribution in [0.3, 0.4) is 0 Å². The van der Waals surface area contributed by atoms with E-state index in [4.69, 9.17) is 10.5 Å². The first-order valence-electron chi connectivity index (χ1n) is 2.71. The molecule has 3 heteroatoms. The van der Waals surface area contributed by atoms with Gasteiger partial charge in [0.25, 0.3) is 0 Å². The van der Waals surface area contributed by atoms with Gasteiger partial charge in [-0.2, -0.15) is 0 Å². The molecule has 1 heterocycles. The van der Waals surface area contributed by atoms with Crippen LogP contribution in [0.2, 0.25) is 0 Å². The quantitative estimate of drug-likeness (QED) is 0.568. The molecule has 0 aromatic rings. The fraction of sp³-hybridized carbons (Fsp3) is 1.00. The maximum atomic E-state index is 5.35. The summed E-state index contributed by atoms with van der Waals surface area (Å²) in [5.74, 6) is 0.653. The van der Waals surface area contributed by atoms with Crippen molar-refractivity contribution >= 4 is 12.4 Å². The number of ether oxygens (including phenoxy) is 1. The van der Waals surface area contributed by atoms with Gasteiger partial charge >= 0.3 is 0 Å². The van der Waals surface area contributed by atoms with Crippen LogP contribution in [0, 0.1) is 5.92 Å². The summed E-state index contributed by atoms with van der Waals surface area (Å²) in [5, 5.41) is 0. The van der Waals surface area contributed by atoms with Gasteiger partial charge in [-0.3, -0.25) is 0 Å². The minimum absolute atomic E-state index is 0. The Kier molecular flexibility index (Phi) is 4.23. The van der Waals surface area contributed by atoms with Crippen LogP contribution in [-0.4, -0.2) is 19.8 Å². The first-order valence-corrected chi connectivity index (χ1v) is 2.71. The first-order chi connectivity index (χ1) is 3.43. The Labute approximate surface area is 55.8 Å². The fourth-order valence-electron chi connectivity index (χ4n) is 0.769. The highest BCUT2D eigenvalue weighted by molar-refractivity contribution is 5.85. The van der Waals surface area contributed by atoms with Crippen LogP contribution in [0.1, 0.15) is 6.42 Å². The Balaban J connectivity index is 0.000000490. The Hall–Kier alpha value is 0.210. The first kappa shape index (κ1) is 8.21. The number of halogens is 1. The van der Waals surface area contributed by atoms with E-state index in [-0.39, 0.29) is 12.4 Å². The highest BCUT2D eigenvalue weighted by Gasteiger charge is 2.12. The predicted octanol–water partition coefficient (Wildman–Crippen LogP) is 0.403. The van der Waals surface area contributed by atoms with Crippen molar-refractivity contribution in [2.45, 2.75) is 6.42 Å². The molecule has 0 aliphatic carbocycles. The van der Waals surface area contributed by atoms with Crippen LogP contribution in [-0.2, 0) is 4.74 Å². The van der Waals surface area contributed by atoms with Gasteiger partial charge in [-0.25, -0.2) is 0 Å². The van der Waals surface area contributed by atoms with Crippen LogP contribution in [0.4, 0.5) is 0 Å². The van der Waals surface area contributed by atoms with Crippen molar-refractivity contribution in [3.63, 3.8) is 0 Å². The summed E-state index contributed by atoms with van der Waals surface area (Å²) in [7, 11) is 0. The number of hydrogen-bond donors (Lipinski definition) is 1. The molecule has 1 atom stereocenters. The molecule has 50 valence electrons. The Morgan fingerprint density at radius 2 is 2.38 bits per heavy atom. The van der Waals surface area contributed by atoms with Crippen LogP contribution in [0.15, 0.2) is 0 Å². The maximum absolute atomic E-state index is 5.35.